The van der Waals surface area contributed by atoms with Crippen LogP contribution in [0.1, 0.15) is 35.4 Å². The van der Waals surface area contributed by atoms with E-state index in [4.69, 9.17) is 0 Å². The first-order valence-electron chi connectivity index (χ1n) is 7.00. The van der Waals surface area contributed by atoms with E-state index < -0.39 is 0 Å². The lowest BCUT2D eigenvalue weighted by Crippen LogP contribution is -2.17. The molecule has 0 aliphatic carbocycles. The molecule has 2 N–H and O–H groups in total. The number of carbonyl (C=O) groups is 2. The van der Waals surface area contributed by atoms with Crippen molar-refractivity contribution >= 4 is 17.5 Å². The van der Waals surface area contributed by atoms with Gasteiger partial charge in [0.25, 0.3) is 5.56 Å². The number of hydrogen-bond donors (Lipinski definition) is 2. The number of anilines is 1. The van der Waals surface area contributed by atoms with Crippen molar-refractivity contribution in [1.29, 1.82) is 0 Å². The Hall–Kier alpha value is -2.76. The van der Waals surface area contributed by atoms with Crippen LogP contribution in [-0.2, 0) is 4.79 Å². The highest BCUT2D eigenvalue weighted by Gasteiger charge is 2.08. The molecule has 0 fully saturated rings. The maximum absolute atomic E-state index is 11.9. The minimum absolute atomic E-state index is 0.0125. The van der Waals surface area contributed by atoms with Gasteiger partial charge in [-0.25, -0.2) is 4.98 Å². The summed E-state index contributed by atoms with van der Waals surface area (Å²) < 4.78 is 0. The number of aromatic amines is 1. The van der Waals surface area contributed by atoms with Gasteiger partial charge in [-0.3, -0.25) is 14.4 Å². The fourth-order valence-corrected chi connectivity index (χ4v) is 2.03. The molecule has 22 heavy (non-hydrogen) atoms. The fraction of sp³-hybridized carbons (Fsp3) is 0.250. The number of Topliss-reactive ketones (excluding diaryl/α,β-unsaturated/α-hetero) is 1. The van der Waals surface area contributed by atoms with Crippen molar-refractivity contribution in [2.75, 3.05) is 5.32 Å². The number of nitrogens with one attached hydrogen (secondary N) is 2. The number of carbonyl (C=O) groups excluding carboxylic acids is 2. The monoisotopic (exact) mass is 299 g/mol. The predicted octanol–water partition coefficient (Wildman–Crippen LogP) is 2.07. The van der Waals surface area contributed by atoms with Crippen LogP contribution in [0.5, 0.6) is 0 Å². The standard InChI is InChI=1S/C16H17N3O3/c1-11-17-14(10-16(22)18-11)19-15(21)9-5-8-13(20)12-6-3-2-4-7-12/h2-4,6-7,10H,5,8-9H2,1H3,(H2,17,18,19,21,22). The molecule has 1 amide bonds. The highest BCUT2D eigenvalue weighted by atomic mass is 16.2. The number of amides is 1. The lowest BCUT2D eigenvalue weighted by Gasteiger charge is -2.04. The number of H-pyrrole nitrogens is 1. The summed E-state index contributed by atoms with van der Waals surface area (Å²) in [4.78, 5) is 41.4. The number of ketones is 1. The second-order valence-corrected chi connectivity index (χ2v) is 4.91. The van der Waals surface area contributed by atoms with Crippen molar-refractivity contribution in [3.05, 3.63) is 58.1 Å². The summed E-state index contributed by atoms with van der Waals surface area (Å²) in [6, 6.07) is 10.2. The molecule has 0 radical (unpaired) electrons. The second-order valence-electron chi connectivity index (χ2n) is 4.91. The van der Waals surface area contributed by atoms with Crippen molar-refractivity contribution < 1.29 is 9.59 Å². The lowest BCUT2D eigenvalue weighted by atomic mass is 10.1. The molecule has 2 rings (SSSR count). The Morgan fingerprint density at radius 3 is 2.59 bits per heavy atom. The van der Waals surface area contributed by atoms with Gasteiger partial charge in [0.05, 0.1) is 0 Å². The van der Waals surface area contributed by atoms with Crippen LogP contribution in [0.4, 0.5) is 5.82 Å². The van der Waals surface area contributed by atoms with E-state index in [1.54, 1.807) is 31.2 Å². The minimum atomic E-state index is -0.318. The van der Waals surface area contributed by atoms with E-state index >= 15 is 0 Å². The third-order valence-electron chi connectivity index (χ3n) is 3.03. The second kappa shape index (κ2) is 7.31. The van der Waals surface area contributed by atoms with E-state index in [9.17, 15) is 14.4 Å². The molecule has 0 atom stereocenters. The zero-order valence-electron chi connectivity index (χ0n) is 12.3. The van der Waals surface area contributed by atoms with Crippen LogP contribution in [-0.4, -0.2) is 21.7 Å². The third kappa shape index (κ3) is 4.66. The number of aryl methyl sites for hydroxylation is 1. The lowest BCUT2D eigenvalue weighted by molar-refractivity contribution is -0.116. The molecule has 6 heteroatoms. The molecule has 0 bridgehead atoms. The van der Waals surface area contributed by atoms with Gasteiger partial charge in [0.1, 0.15) is 11.6 Å². The highest BCUT2D eigenvalue weighted by Crippen LogP contribution is 2.08. The quantitative estimate of drug-likeness (QED) is 0.799. The number of benzene rings is 1. The molecule has 0 aliphatic heterocycles. The van der Waals surface area contributed by atoms with Crippen LogP contribution < -0.4 is 10.9 Å². The first-order chi connectivity index (χ1) is 10.5. The third-order valence-corrected chi connectivity index (χ3v) is 3.03. The normalized spacial score (nSPS) is 10.2. The van der Waals surface area contributed by atoms with Crippen LogP contribution >= 0.6 is 0 Å². The summed E-state index contributed by atoms with van der Waals surface area (Å²) in [5, 5.41) is 2.56. The van der Waals surface area contributed by atoms with Gasteiger partial charge >= 0.3 is 0 Å². The predicted molar refractivity (Wildman–Crippen MR) is 82.8 cm³/mol. The average molecular weight is 299 g/mol. The molecule has 0 spiro atoms. The summed E-state index contributed by atoms with van der Waals surface area (Å²) in [6.45, 7) is 1.63. The Kier molecular flexibility index (Phi) is 5.19. The molecule has 0 saturated heterocycles. The van der Waals surface area contributed by atoms with Crippen LogP contribution in [0.2, 0.25) is 0 Å². The van der Waals surface area contributed by atoms with E-state index in [2.05, 4.69) is 15.3 Å². The van der Waals surface area contributed by atoms with Crippen LogP contribution in [0.3, 0.4) is 0 Å². The Morgan fingerprint density at radius 1 is 1.18 bits per heavy atom. The first-order valence-corrected chi connectivity index (χ1v) is 7.00. The maximum atomic E-state index is 11.9. The van der Waals surface area contributed by atoms with Crippen molar-refractivity contribution in [2.24, 2.45) is 0 Å². The van der Waals surface area contributed by atoms with Crippen molar-refractivity contribution in [2.45, 2.75) is 26.2 Å². The van der Waals surface area contributed by atoms with E-state index in [1.165, 1.54) is 6.07 Å². The Labute approximate surface area is 127 Å². The first kappa shape index (κ1) is 15.6. The van der Waals surface area contributed by atoms with E-state index in [0.717, 1.165) is 0 Å². The van der Waals surface area contributed by atoms with Gasteiger partial charge in [-0.2, -0.15) is 0 Å². The molecule has 114 valence electrons. The highest BCUT2D eigenvalue weighted by molar-refractivity contribution is 5.96. The molecule has 1 heterocycles. The zero-order chi connectivity index (χ0) is 15.9. The molecular weight excluding hydrogens is 282 g/mol. The Balaban J connectivity index is 1.81. The van der Waals surface area contributed by atoms with Crippen LogP contribution in [0.15, 0.2) is 41.2 Å². The van der Waals surface area contributed by atoms with Gasteiger partial charge in [0, 0.05) is 24.5 Å². The molecule has 0 saturated carbocycles. The largest absolute Gasteiger partial charge is 0.311 e. The molecular formula is C16H17N3O3. The van der Waals surface area contributed by atoms with Gasteiger partial charge in [-0.15, -0.1) is 0 Å². The molecule has 1 aromatic carbocycles. The van der Waals surface area contributed by atoms with Gasteiger partial charge in [0.2, 0.25) is 5.91 Å². The summed E-state index contributed by atoms with van der Waals surface area (Å²) >= 11 is 0. The SMILES string of the molecule is Cc1nc(NC(=O)CCCC(=O)c2ccccc2)cc(=O)[nH]1. The number of hydrogen-bond acceptors (Lipinski definition) is 4. The van der Waals surface area contributed by atoms with Crippen molar-refractivity contribution in [3.8, 4) is 0 Å². The molecule has 1 aromatic heterocycles. The number of nitrogens with zero attached hydrogens (tertiary/aromatic N) is 1. The molecule has 0 unspecified atom stereocenters. The Morgan fingerprint density at radius 2 is 1.91 bits per heavy atom. The van der Waals surface area contributed by atoms with Crippen LogP contribution in [0, 0.1) is 6.92 Å². The number of aromatic nitrogens is 2. The zero-order valence-corrected chi connectivity index (χ0v) is 12.3. The fourth-order valence-electron chi connectivity index (χ4n) is 2.03. The van der Waals surface area contributed by atoms with Gasteiger partial charge in [-0.05, 0) is 13.3 Å². The van der Waals surface area contributed by atoms with E-state index in [0.29, 0.717) is 24.2 Å². The van der Waals surface area contributed by atoms with Crippen molar-refractivity contribution in [3.63, 3.8) is 0 Å². The smallest absolute Gasteiger partial charge is 0.252 e. The van der Waals surface area contributed by atoms with E-state index in [-0.39, 0.29) is 29.5 Å². The average Bonchev–Trinajstić information content (AvgIpc) is 2.47. The minimum Gasteiger partial charge on any atom is -0.311 e. The van der Waals surface area contributed by atoms with Gasteiger partial charge in [0.15, 0.2) is 5.78 Å². The maximum Gasteiger partial charge on any atom is 0.252 e. The van der Waals surface area contributed by atoms with Crippen LogP contribution in [0.25, 0.3) is 0 Å². The van der Waals surface area contributed by atoms with E-state index in [1.807, 2.05) is 6.07 Å². The topological polar surface area (TPSA) is 91.9 Å². The molecule has 0 aliphatic rings. The molecule has 6 nitrogen and oxygen atoms in total. The summed E-state index contributed by atoms with van der Waals surface area (Å²) in [7, 11) is 0. The van der Waals surface area contributed by atoms with Gasteiger partial charge < -0.3 is 10.3 Å². The summed E-state index contributed by atoms with van der Waals surface area (Å²) in [6.07, 6.45) is 0.951. The Bertz CT molecular complexity index is 723. The summed E-state index contributed by atoms with van der Waals surface area (Å²) in [5.74, 6) is 0.402. The van der Waals surface area contributed by atoms with Crippen molar-refractivity contribution in [1.82, 2.24) is 9.97 Å². The number of rotatable bonds is 6. The molecule has 2 aromatic rings. The van der Waals surface area contributed by atoms with Gasteiger partial charge in [-0.1, -0.05) is 30.3 Å². The summed E-state index contributed by atoms with van der Waals surface area (Å²) in [5.41, 5.74) is 0.330.